The van der Waals surface area contributed by atoms with E-state index in [2.05, 4.69) is 15.8 Å². The van der Waals surface area contributed by atoms with E-state index >= 15 is 0 Å². The molecule has 6 nitrogen and oxygen atoms in total. The lowest BCUT2D eigenvalue weighted by Gasteiger charge is -2.09. The molecule has 2 amide bonds. The molecule has 1 unspecified atom stereocenters. The van der Waals surface area contributed by atoms with Gasteiger partial charge in [-0.15, -0.1) is 0 Å². The molecule has 1 aliphatic heterocycles. The summed E-state index contributed by atoms with van der Waals surface area (Å²) in [5.74, 6) is 0.557. The van der Waals surface area contributed by atoms with E-state index in [0.717, 1.165) is 11.5 Å². The van der Waals surface area contributed by atoms with Crippen molar-refractivity contribution in [3.63, 3.8) is 0 Å². The van der Waals surface area contributed by atoms with Crippen LogP contribution in [-0.4, -0.2) is 29.6 Å². The van der Waals surface area contributed by atoms with Gasteiger partial charge in [0.15, 0.2) is 0 Å². The van der Waals surface area contributed by atoms with E-state index in [4.69, 9.17) is 4.52 Å². The predicted octanol–water partition coefficient (Wildman–Crippen LogP) is -0.0797. The summed E-state index contributed by atoms with van der Waals surface area (Å²) in [6.45, 7) is 2.33. The van der Waals surface area contributed by atoms with Crippen molar-refractivity contribution >= 4 is 11.8 Å². The van der Waals surface area contributed by atoms with Crippen molar-refractivity contribution in [1.29, 1.82) is 0 Å². The summed E-state index contributed by atoms with van der Waals surface area (Å²) in [5.41, 5.74) is 0.828. The second-order valence-electron chi connectivity index (χ2n) is 4.13. The third-order valence-electron chi connectivity index (χ3n) is 2.66. The van der Waals surface area contributed by atoms with Crippen molar-refractivity contribution in [2.75, 3.05) is 6.54 Å². The normalized spacial score (nSPS) is 19.1. The van der Waals surface area contributed by atoms with Crippen molar-refractivity contribution in [1.82, 2.24) is 15.8 Å². The van der Waals surface area contributed by atoms with E-state index in [1.54, 1.807) is 0 Å². The molecule has 1 aliphatic rings. The molecule has 0 aliphatic carbocycles. The van der Waals surface area contributed by atoms with E-state index in [1.165, 1.54) is 0 Å². The average molecular weight is 237 g/mol. The van der Waals surface area contributed by atoms with Crippen molar-refractivity contribution in [2.24, 2.45) is 0 Å². The number of carbonyl (C=O) groups excluding carboxylic acids is 2. The van der Waals surface area contributed by atoms with Crippen LogP contribution in [0, 0.1) is 6.92 Å². The Kier molecular flexibility index (Phi) is 3.41. The fourth-order valence-electron chi connectivity index (χ4n) is 1.78. The number of nitrogens with one attached hydrogen (secondary N) is 2. The monoisotopic (exact) mass is 237 g/mol. The first-order chi connectivity index (χ1) is 8.15. The maximum Gasteiger partial charge on any atom is 0.242 e. The van der Waals surface area contributed by atoms with Gasteiger partial charge in [-0.3, -0.25) is 9.59 Å². The number of aryl methyl sites for hydroxylation is 1. The Morgan fingerprint density at radius 1 is 1.71 bits per heavy atom. The molecule has 0 spiro atoms. The van der Waals surface area contributed by atoms with Crippen molar-refractivity contribution in [3.8, 4) is 0 Å². The summed E-state index contributed by atoms with van der Waals surface area (Å²) < 4.78 is 5.02. The zero-order valence-corrected chi connectivity index (χ0v) is 9.66. The minimum absolute atomic E-state index is 0.0593. The Morgan fingerprint density at radius 3 is 3.12 bits per heavy atom. The summed E-state index contributed by atoms with van der Waals surface area (Å²) in [4.78, 5) is 22.6. The first kappa shape index (κ1) is 11.6. The highest BCUT2D eigenvalue weighted by molar-refractivity contribution is 5.90. The lowest BCUT2D eigenvalue weighted by atomic mass is 10.2. The fraction of sp³-hybridized carbons (Fsp3) is 0.545. The van der Waals surface area contributed by atoms with Crippen molar-refractivity contribution in [2.45, 2.75) is 32.2 Å². The van der Waals surface area contributed by atoms with Crippen LogP contribution in [0.25, 0.3) is 0 Å². The number of hydrogen-bond acceptors (Lipinski definition) is 4. The summed E-state index contributed by atoms with van der Waals surface area (Å²) in [6.07, 6.45) is 1.61. The molecule has 2 N–H and O–H groups in total. The van der Waals surface area contributed by atoms with Gasteiger partial charge in [0, 0.05) is 25.5 Å². The number of amides is 2. The molecule has 1 fully saturated rings. The lowest BCUT2D eigenvalue weighted by molar-refractivity contribution is -0.125. The number of nitrogens with zero attached hydrogens (tertiary/aromatic N) is 1. The minimum atomic E-state index is -0.376. The zero-order chi connectivity index (χ0) is 12.3. The van der Waals surface area contributed by atoms with Crippen LogP contribution in [0.15, 0.2) is 10.6 Å². The molecule has 6 heteroatoms. The molecule has 1 saturated heterocycles. The van der Waals surface area contributed by atoms with Crippen LogP contribution in [-0.2, 0) is 16.0 Å². The van der Waals surface area contributed by atoms with Gasteiger partial charge in [-0.05, 0) is 13.3 Å². The molecule has 2 heterocycles. The molecule has 92 valence electrons. The van der Waals surface area contributed by atoms with E-state index < -0.39 is 0 Å². The molecule has 0 aromatic carbocycles. The highest BCUT2D eigenvalue weighted by atomic mass is 16.5. The van der Waals surface area contributed by atoms with E-state index in [0.29, 0.717) is 25.8 Å². The molecular weight excluding hydrogens is 222 g/mol. The van der Waals surface area contributed by atoms with Gasteiger partial charge >= 0.3 is 0 Å². The number of carbonyl (C=O) groups is 2. The SMILES string of the molecule is Cc1cc(CCNC(=O)C2CCC(=O)N2)on1. The van der Waals surface area contributed by atoms with Gasteiger partial charge in [-0.25, -0.2) is 0 Å². The number of rotatable bonds is 4. The minimum Gasteiger partial charge on any atom is -0.361 e. The smallest absolute Gasteiger partial charge is 0.242 e. The topological polar surface area (TPSA) is 84.2 Å². The van der Waals surface area contributed by atoms with Gasteiger partial charge < -0.3 is 15.2 Å². The van der Waals surface area contributed by atoms with Crippen LogP contribution in [0.5, 0.6) is 0 Å². The molecule has 17 heavy (non-hydrogen) atoms. The summed E-state index contributed by atoms with van der Waals surface area (Å²) >= 11 is 0. The largest absolute Gasteiger partial charge is 0.361 e. The van der Waals surface area contributed by atoms with E-state index in [-0.39, 0.29) is 17.9 Å². The highest BCUT2D eigenvalue weighted by Crippen LogP contribution is 2.06. The maximum atomic E-state index is 11.6. The zero-order valence-electron chi connectivity index (χ0n) is 9.66. The summed E-state index contributed by atoms with van der Waals surface area (Å²) in [6, 6.07) is 1.46. The van der Waals surface area contributed by atoms with Crippen LogP contribution in [0.4, 0.5) is 0 Å². The van der Waals surface area contributed by atoms with E-state index in [9.17, 15) is 9.59 Å². The molecule has 0 bridgehead atoms. The molecule has 0 saturated carbocycles. The fourth-order valence-corrected chi connectivity index (χ4v) is 1.78. The third-order valence-corrected chi connectivity index (χ3v) is 2.66. The average Bonchev–Trinajstić information content (AvgIpc) is 2.88. The van der Waals surface area contributed by atoms with Crippen LogP contribution in [0.2, 0.25) is 0 Å². The molecule has 1 atom stereocenters. The predicted molar refractivity (Wildman–Crippen MR) is 59.1 cm³/mol. The molecule has 1 aromatic rings. The first-order valence-corrected chi connectivity index (χ1v) is 5.64. The van der Waals surface area contributed by atoms with Gasteiger partial charge in [0.2, 0.25) is 11.8 Å². The van der Waals surface area contributed by atoms with Gasteiger partial charge in [-0.1, -0.05) is 5.16 Å². The first-order valence-electron chi connectivity index (χ1n) is 5.64. The number of hydrogen-bond donors (Lipinski definition) is 2. The van der Waals surface area contributed by atoms with Crippen LogP contribution < -0.4 is 10.6 Å². The van der Waals surface area contributed by atoms with Crippen molar-refractivity contribution < 1.29 is 14.1 Å². The van der Waals surface area contributed by atoms with Crippen molar-refractivity contribution in [3.05, 3.63) is 17.5 Å². The van der Waals surface area contributed by atoms with Crippen LogP contribution >= 0.6 is 0 Å². The van der Waals surface area contributed by atoms with Gasteiger partial charge in [0.05, 0.1) is 5.69 Å². The Labute approximate surface area is 98.7 Å². The second kappa shape index (κ2) is 4.99. The van der Waals surface area contributed by atoms with Gasteiger partial charge in [0.25, 0.3) is 0 Å². The van der Waals surface area contributed by atoms with Gasteiger partial charge in [-0.2, -0.15) is 0 Å². The Hall–Kier alpha value is -1.85. The highest BCUT2D eigenvalue weighted by Gasteiger charge is 2.26. The molecule has 0 radical (unpaired) electrons. The standard InChI is InChI=1S/C11H15N3O3/c1-7-6-8(17-14-7)4-5-12-11(16)9-2-3-10(15)13-9/h6,9H,2-5H2,1H3,(H,12,16)(H,13,15). The van der Waals surface area contributed by atoms with Gasteiger partial charge in [0.1, 0.15) is 11.8 Å². The summed E-state index contributed by atoms with van der Waals surface area (Å²) in [7, 11) is 0. The van der Waals surface area contributed by atoms with Crippen LogP contribution in [0.3, 0.4) is 0 Å². The Morgan fingerprint density at radius 2 is 2.53 bits per heavy atom. The lowest BCUT2D eigenvalue weighted by Crippen LogP contribution is -2.42. The molecule has 1 aromatic heterocycles. The second-order valence-corrected chi connectivity index (χ2v) is 4.13. The summed E-state index contributed by atoms with van der Waals surface area (Å²) in [5, 5.41) is 9.14. The van der Waals surface area contributed by atoms with Crippen LogP contribution in [0.1, 0.15) is 24.3 Å². The quantitative estimate of drug-likeness (QED) is 0.767. The third kappa shape index (κ3) is 3.05. The Bertz CT molecular complexity index is 427. The molecule has 2 rings (SSSR count). The maximum absolute atomic E-state index is 11.6. The Balaban J connectivity index is 1.71. The van der Waals surface area contributed by atoms with E-state index in [1.807, 2.05) is 13.0 Å². The molecular formula is C11H15N3O3. The number of aromatic nitrogens is 1.